The fraction of sp³-hybridized carbons (Fsp3) is 0.0536. The molecular formula is C56H43N3. The summed E-state index contributed by atoms with van der Waals surface area (Å²) in [6.45, 7) is 12.7. The zero-order valence-electron chi connectivity index (χ0n) is 32.9. The Labute approximate surface area is 346 Å². The summed E-state index contributed by atoms with van der Waals surface area (Å²) in [5.74, 6) is 0.879. The maximum absolute atomic E-state index is 5.45. The molecule has 0 saturated carbocycles. The van der Waals surface area contributed by atoms with Crippen LogP contribution in [-0.4, -0.2) is 17.5 Å². The molecule has 7 aromatic rings. The van der Waals surface area contributed by atoms with Crippen molar-refractivity contribution in [1.82, 2.24) is 4.98 Å². The fourth-order valence-corrected chi connectivity index (χ4v) is 8.76. The van der Waals surface area contributed by atoms with E-state index in [-0.39, 0.29) is 11.8 Å². The minimum atomic E-state index is 0.117. The third-order valence-corrected chi connectivity index (χ3v) is 11.5. The first kappa shape index (κ1) is 37.1. The number of fused-ring (bicyclic) bond motifs is 4. The van der Waals surface area contributed by atoms with Gasteiger partial charge in [-0.05, 0) is 109 Å². The first-order valence-corrected chi connectivity index (χ1v) is 20.1. The lowest BCUT2D eigenvalue weighted by Gasteiger charge is -2.32. The van der Waals surface area contributed by atoms with Crippen LogP contribution >= 0.6 is 0 Å². The first-order chi connectivity index (χ1) is 29.1. The van der Waals surface area contributed by atoms with Gasteiger partial charge in [-0.15, -0.1) is 0 Å². The molecule has 2 unspecified atom stereocenters. The molecule has 3 heteroatoms. The largest absolute Gasteiger partial charge is 0.264 e. The summed E-state index contributed by atoms with van der Waals surface area (Å²) in [7, 11) is 0. The molecule has 9 rings (SSSR count). The molecule has 2 atom stereocenters. The highest BCUT2D eigenvalue weighted by molar-refractivity contribution is 6.12. The summed E-state index contributed by atoms with van der Waals surface area (Å²) in [5, 5.41) is 2.29. The van der Waals surface area contributed by atoms with Crippen molar-refractivity contribution in [3.8, 4) is 33.4 Å². The van der Waals surface area contributed by atoms with Crippen molar-refractivity contribution in [2.24, 2.45) is 15.9 Å². The molecule has 0 amide bonds. The highest BCUT2D eigenvalue weighted by atomic mass is 14.9. The van der Waals surface area contributed by atoms with Gasteiger partial charge in [0.25, 0.3) is 0 Å². The van der Waals surface area contributed by atoms with E-state index in [2.05, 4.69) is 194 Å². The van der Waals surface area contributed by atoms with Crippen molar-refractivity contribution < 1.29 is 0 Å². The van der Waals surface area contributed by atoms with Crippen LogP contribution in [0.4, 0.5) is 0 Å². The van der Waals surface area contributed by atoms with E-state index in [1.54, 1.807) is 6.20 Å². The number of hydrogen-bond donors (Lipinski definition) is 0. The number of amidine groups is 1. The molecule has 2 aliphatic rings. The molecule has 0 N–H and O–H groups in total. The maximum atomic E-state index is 5.45. The Kier molecular flexibility index (Phi) is 10.4. The van der Waals surface area contributed by atoms with E-state index in [0.717, 1.165) is 72.1 Å². The SMILES string of the molecule is C=Cc1c(C=C)c(-c2cccc(/C(N=C)=N/C(=C\Cc3cccc(-c4cccnc4)c3)C3=Cc4ccccc4C4C=CC=CC34)c2)c2ccccc2c1-c1ccccc1. The number of pyridine rings is 1. The van der Waals surface area contributed by atoms with Crippen LogP contribution in [0.2, 0.25) is 0 Å². The van der Waals surface area contributed by atoms with Crippen LogP contribution in [0.3, 0.4) is 0 Å². The lowest BCUT2D eigenvalue weighted by molar-refractivity contribution is 0.658. The predicted octanol–water partition coefficient (Wildman–Crippen LogP) is 14.0. The maximum Gasteiger partial charge on any atom is 0.159 e. The Morgan fingerprint density at radius 2 is 1.29 bits per heavy atom. The minimum absolute atomic E-state index is 0.117. The quantitative estimate of drug-likeness (QED) is 0.101. The van der Waals surface area contributed by atoms with Gasteiger partial charge >= 0.3 is 0 Å². The minimum Gasteiger partial charge on any atom is -0.264 e. The highest BCUT2D eigenvalue weighted by Crippen LogP contribution is 2.46. The van der Waals surface area contributed by atoms with Crippen molar-refractivity contribution in [2.45, 2.75) is 12.3 Å². The smallest absolute Gasteiger partial charge is 0.159 e. The van der Waals surface area contributed by atoms with Gasteiger partial charge < -0.3 is 0 Å². The second-order valence-electron chi connectivity index (χ2n) is 14.9. The summed E-state index contributed by atoms with van der Waals surface area (Å²) in [5.41, 5.74) is 15.3. The summed E-state index contributed by atoms with van der Waals surface area (Å²) in [4.78, 5) is 14.4. The van der Waals surface area contributed by atoms with E-state index in [4.69, 9.17) is 4.99 Å². The zero-order chi connectivity index (χ0) is 40.1. The molecule has 1 aromatic heterocycles. The number of nitrogens with zero attached hydrogens (tertiary/aromatic N) is 3. The van der Waals surface area contributed by atoms with Crippen LogP contribution in [0.5, 0.6) is 0 Å². The Bertz CT molecular complexity index is 2910. The van der Waals surface area contributed by atoms with Crippen LogP contribution in [0.15, 0.2) is 217 Å². The molecule has 2 aliphatic carbocycles. The molecule has 0 saturated heterocycles. The van der Waals surface area contributed by atoms with Gasteiger partial charge in [0, 0.05) is 29.8 Å². The van der Waals surface area contributed by atoms with Crippen LogP contribution in [0.1, 0.15) is 39.3 Å². The van der Waals surface area contributed by atoms with Gasteiger partial charge in [-0.25, -0.2) is 9.98 Å². The van der Waals surface area contributed by atoms with Crippen molar-refractivity contribution in [3.05, 3.63) is 240 Å². The fourth-order valence-electron chi connectivity index (χ4n) is 8.76. The Hall–Kier alpha value is -7.49. The van der Waals surface area contributed by atoms with Crippen LogP contribution in [0.25, 0.3) is 62.4 Å². The van der Waals surface area contributed by atoms with E-state index in [1.807, 2.05) is 30.5 Å². The molecule has 1 heterocycles. The predicted molar refractivity (Wildman–Crippen MR) is 251 cm³/mol. The topological polar surface area (TPSA) is 37.6 Å². The molecular weight excluding hydrogens is 715 g/mol. The van der Waals surface area contributed by atoms with Gasteiger partial charge in [0.15, 0.2) is 5.84 Å². The Morgan fingerprint density at radius 1 is 0.627 bits per heavy atom. The van der Waals surface area contributed by atoms with E-state index >= 15 is 0 Å². The average Bonchev–Trinajstić information content (AvgIpc) is 3.31. The molecule has 0 radical (unpaired) electrons. The monoisotopic (exact) mass is 757 g/mol. The molecule has 6 aromatic carbocycles. The van der Waals surface area contributed by atoms with Gasteiger partial charge in [-0.2, -0.15) is 0 Å². The number of rotatable bonds is 10. The van der Waals surface area contributed by atoms with Crippen LogP contribution in [0, 0.1) is 5.92 Å². The number of allylic oxidation sites excluding steroid dienone is 6. The van der Waals surface area contributed by atoms with E-state index in [1.165, 1.54) is 16.7 Å². The Balaban J connectivity index is 1.19. The van der Waals surface area contributed by atoms with Crippen molar-refractivity contribution >= 4 is 41.6 Å². The lowest BCUT2D eigenvalue weighted by atomic mass is 9.72. The van der Waals surface area contributed by atoms with Gasteiger partial charge in [0.2, 0.25) is 0 Å². The van der Waals surface area contributed by atoms with Gasteiger partial charge in [0.1, 0.15) is 0 Å². The third-order valence-electron chi connectivity index (χ3n) is 11.5. The first-order valence-electron chi connectivity index (χ1n) is 20.1. The lowest BCUT2D eigenvalue weighted by Crippen LogP contribution is -2.19. The van der Waals surface area contributed by atoms with Gasteiger partial charge in [-0.1, -0.05) is 183 Å². The molecule has 3 nitrogen and oxygen atoms in total. The summed E-state index contributed by atoms with van der Waals surface area (Å²) >= 11 is 0. The third kappa shape index (κ3) is 7.20. The normalized spacial score (nSPS) is 15.9. The molecule has 0 aliphatic heterocycles. The van der Waals surface area contributed by atoms with Crippen molar-refractivity contribution in [1.29, 1.82) is 0 Å². The molecule has 59 heavy (non-hydrogen) atoms. The summed E-state index contributed by atoms with van der Waals surface area (Å²) in [6.07, 6.45) is 21.8. The van der Waals surface area contributed by atoms with Crippen molar-refractivity contribution in [2.75, 3.05) is 0 Å². The second kappa shape index (κ2) is 16.5. The van der Waals surface area contributed by atoms with Crippen LogP contribution < -0.4 is 0 Å². The summed E-state index contributed by atoms with van der Waals surface area (Å²) < 4.78 is 0. The zero-order valence-corrected chi connectivity index (χ0v) is 32.9. The van der Waals surface area contributed by atoms with Crippen LogP contribution in [-0.2, 0) is 6.42 Å². The molecule has 0 fully saturated rings. The van der Waals surface area contributed by atoms with E-state index < -0.39 is 0 Å². The van der Waals surface area contributed by atoms with Crippen molar-refractivity contribution in [3.63, 3.8) is 0 Å². The number of aliphatic imine (C=N–C) groups is 2. The Morgan fingerprint density at radius 3 is 2.03 bits per heavy atom. The second-order valence-corrected chi connectivity index (χ2v) is 14.9. The van der Waals surface area contributed by atoms with E-state index in [0.29, 0.717) is 12.3 Å². The van der Waals surface area contributed by atoms with Gasteiger partial charge in [0.05, 0.1) is 5.70 Å². The molecule has 0 spiro atoms. The summed E-state index contributed by atoms with van der Waals surface area (Å²) in [6, 6.07) is 49.0. The van der Waals surface area contributed by atoms with E-state index in [9.17, 15) is 0 Å². The standard InChI is InChI=1S/C56H43N3/c1-4-45-46(5-2)55(51-30-14-13-29-50(51)54(45)39-19-7-6-8-20-39)42-23-16-24-43(35-42)56(57-3)59-53(32-31-38-18-15-22-40(34-38)44-25-17-33-58-37-44)52-36-41-21-9-10-26-47(41)48-27-11-12-28-49(48)52/h4-30,32-37,48-49H,1-3,31H2/b53-32-,59-56-. The van der Waals surface area contributed by atoms with Gasteiger partial charge in [-0.3, -0.25) is 4.98 Å². The number of aromatic nitrogens is 1. The number of hydrogen-bond acceptors (Lipinski definition) is 2. The molecule has 0 bridgehead atoms. The highest BCUT2D eigenvalue weighted by Gasteiger charge is 2.31. The molecule has 282 valence electrons. The average molecular weight is 758 g/mol. The number of benzene rings is 6.